The molecule has 0 spiro atoms. The summed E-state index contributed by atoms with van der Waals surface area (Å²) in [6.07, 6.45) is -3.78. The van der Waals surface area contributed by atoms with Gasteiger partial charge in [0.2, 0.25) is 0 Å². The summed E-state index contributed by atoms with van der Waals surface area (Å²) in [5.74, 6) is 0.618. The van der Waals surface area contributed by atoms with E-state index in [9.17, 15) is 13.2 Å². The number of hydrogen-bond donors (Lipinski definition) is 2. The summed E-state index contributed by atoms with van der Waals surface area (Å²) in [6.45, 7) is 0.0288. The number of hydrogen-bond acceptors (Lipinski definition) is 3. The van der Waals surface area contributed by atoms with E-state index in [0.717, 1.165) is 5.56 Å². The van der Waals surface area contributed by atoms with Gasteiger partial charge in [-0.25, -0.2) is 0 Å². The fraction of sp³-hybridized carbons (Fsp3) is 0.583. The molecule has 4 nitrogen and oxygen atoms in total. The molecular formula is C12H19F3IN3OS. The standard InChI is InChI=1S/C12H18F3N3OS.HI/c1-16-11(18-7-10-3-6-20-8-10)17-4-2-5-19-9-12(13,14)15;/h3,6,8H,2,4-5,7,9H2,1H3,(H2,16,17,18);1H. The maximum Gasteiger partial charge on any atom is 0.411 e. The van der Waals surface area contributed by atoms with Gasteiger partial charge in [0.05, 0.1) is 0 Å². The van der Waals surface area contributed by atoms with Crippen molar-refractivity contribution >= 4 is 41.3 Å². The fourth-order valence-corrected chi connectivity index (χ4v) is 2.04. The molecule has 1 aromatic rings. The Morgan fingerprint density at radius 2 is 2.14 bits per heavy atom. The van der Waals surface area contributed by atoms with Gasteiger partial charge in [-0.2, -0.15) is 24.5 Å². The molecule has 0 radical (unpaired) electrons. The van der Waals surface area contributed by atoms with Crippen LogP contribution in [0.1, 0.15) is 12.0 Å². The van der Waals surface area contributed by atoms with E-state index >= 15 is 0 Å². The lowest BCUT2D eigenvalue weighted by Crippen LogP contribution is -2.37. The number of nitrogens with one attached hydrogen (secondary N) is 2. The number of halogens is 4. The minimum Gasteiger partial charge on any atom is -0.372 e. The summed E-state index contributed by atoms with van der Waals surface area (Å²) < 4.78 is 39.9. The van der Waals surface area contributed by atoms with Crippen LogP contribution in [0.4, 0.5) is 13.2 Å². The van der Waals surface area contributed by atoms with Gasteiger partial charge < -0.3 is 15.4 Å². The van der Waals surface area contributed by atoms with E-state index in [0.29, 0.717) is 25.5 Å². The summed E-state index contributed by atoms with van der Waals surface area (Å²) in [7, 11) is 1.64. The Morgan fingerprint density at radius 3 is 2.71 bits per heavy atom. The van der Waals surface area contributed by atoms with E-state index < -0.39 is 12.8 Å². The van der Waals surface area contributed by atoms with Crippen LogP contribution in [-0.4, -0.2) is 38.9 Å². The van der Waals surface area contributed by atoms with Crippen LogP contribution in [0.25, 0.3) is 0 Å². The number of alkyl halides is 3. The van der Waals surface area contributed by atoms with Crippen molar-refractivity contribution in [1.29, 1.82) is 0 Å². The molecule has 0 atom stereocenters. The predicted octanol–water partition coefficient (Wildman–Crippen LogP) is 3.00. The third-order valence-corrected chi connectivity index (χ3v) is 3.02. The lowest BCUT2D eigenvalue weighted by atomic mass is 10.3. The maximum absolute atomic E-state index is 11.8. The Labute approximate surface area is 143 Å². The number of rotatable bonds is 7. The summed E-state index contributed by atoms with van der Waals surface area (Å²) in [6, 6.07) is 2.01. The Balaban J connectivity index is 0.00000400. The van der Waals surface area contributed by atoms with Crippen molar-refractivity contribution < 1.29 is 17.9 Å². The third kappa shape index (κ3) is 10.8. The zero-order chi connectivity index (χ0) is 14.8. The average molecular weight is 437 g/mol. The molecule has 0 unspecified atom stereocenters. The van der Waals surface area contributed by atoms with Gasteiger partial charge in [0, 0.05) is 26.7 Å². The molecule has 0 aromatic carbocycles. The Kier molecular flexibility index (Phi) is 10.8. The molecule has 0 fully saturated rings. The smallest absolute Gasteiger partial charge is 0.372 e. The summed E-state index contributed by atoms with van der Waals surface area (Å²) >= 11 is 1.62. The second-order valence-corrected chi connectivity index (χ2v) is 4.79. The molecular weight excluding hydrogens is 418 g/mol. The van der Waals surface area contributed by atoms with Crippen molar-refractivity contribution in [2.24, 2.45) is 4.99 Å². The molecule has 0 amide bonds. The molecule has 1 heterocycles. The Hall–Kier alpha value is -0.550. The van der Waals surface area contributed by atoms with Crippen molar-refractivity contribution in [2.75, 3.05) is 26.8 Å². The van der Waals surface area contributed by atoms with Crippen LogP contribution in [0.2, 0.25) is 0 Å². The fourth-order valence-electron chi connectivity index (χ4n) is 1.37. The number of thiophene rings is 1. The van der Waals surface area contributed by atoms with Gasteiger partial charge in [0.1, 0.15) is 6.61 Å². The van der Waals surface area contributed by atoms with Crippen molar-refractivity contribution in [3.05, 3.63) is 22.4 Å². The van der Waals surface area contributed by atoms with Crippen LogP contribution in [0.15, 0.2) is 21.8 Å². The van der Waals surface area contributed by atoms with Crippen molar-refractivity contribution in [1.82, 2.24) is 10.6 Å². The SMILES string of the molecule is CN=C(NCCCOCC(F)(F)F)NCc1ccsc1.I. The zero-order valence-electron chi connectivity index (χ0n) is 11.6. The van der Waals surface area contributed by atoms with Crippen LogP contribution in [-0.2, 0) is 11.3 Å². The highest BCUT2D eigenvalue weighted by Gasteiger charge is 2.27. The molecule has 9 heteroatoms. The molecule has 0 aliphatic carbocycles. The average Bonchev–Trinajstić information content (AvgIpc) is 2.89. The number of ether oxygens (including phenoxy) is 1. The Bertz CT molecular complexity index is 399. The molecule has 2 N–H and O–H groups in total. The number of nitrogens with zero attached hydrogens (tertiary/aromatic N) is 1. The molecule has 0 bridgehead atoms. The van der Waals surface area contributed by atoms with Gasteiger partial charge in [-0.15, -0.1) is 24.0 Å². The first-order valence-electron chi connectivity index (χ1n) is 6.11. The van der Waals surface area contributed by atoms with Gasteiger partial charge in [-0.1, -0.05) is 0 Å². The zero-order valence-corrected chi connectivity index (χ0v) is 14.7. The van der Waals surface area contributed by atoms with E-state index in [1.807, 2.05) is 16.8 Å². The van der Waals surface area contributed by atoms with E-state index in [2.05, 4.69) is 20.4 Å². The highest BCUT2D eigenvalue weighted by atomic mass is 127. The van der Waals surface area contributed by atoms with Gasteiger partial charge in [-0.05, 0) is 28.8 Å². The van der Waals surface area contributed by atoms with E-state index in [4.69, 9.17) is 0 Å². The van der Waals surface area contributed by atoms with Gasteiger partial charge >= 0.3 is 6.18 Å². The van der Waals surface area contributed by atoms with Crippen molar-refractivity contribution in [3.63, 3.8) is 0 Å². The van der Waals surface area contributed by atoms with E-state index in [-0.39, 0.29) is 30.6 Å². The van der Waals surface area contributed by atoms with Crippen LogP contribution in [0.3, 0.4) is 0 Å². The normalized spacial score (nSPS) is 11.9. The lowest BCUT2D eigenvalue weighted by Gasteiger charge is -2.11. The predicted molar refractivity (Wildman–Crippen MR) is 89.4 cm³/mol. The van der Waals surface area contributed by atoms with E-state index in [1.165, 1.54) is 0 Å². The number of aliphatic imine (C=N–C) groups is 1. The lowest BCUT2D eigenvalue weighted by molar-refractivity contribution is -0.173. The summed E-state index contributed by atoms with van der Waals surface area (Å²) in [5, 5.41) is 10.1. The largest absolute Gasteiger partial charge is 0.411 e. The van der Waals surface area contributed by atoms with Crippen LogP contribution in [0, 0.1) is 0 Å². The Morgan fingerprint density at radius 1 is 1.38 bits per heavy atom. The minimum absolute atomic E-state index is 0. The molecule has 0 saturated carbocycles. The van der Waals surface area contributed by atoms with Gasteiger partial charge in [0.25, 0.3) is 0 Å². The van der Waals surface area contributed by atoms with Gasteiger partial charge in [0.15, 0.2) is 5.96 Å². The molecule has 0 aliphatic heterocycles. The van der Waals surface area contributed by atoms with E-state index in [1.54, 1.807) is 18.4 Å². The topological polar surface area (TPSA) is 45.7 Å². The molecule has 122 valence electrons. The van der Waals surface area contributed by atoms with Crippen LogP contribution in [0.5, 0.6) is 0 Å². The molecule has 1 rings (SSSR count). The first-order valence-corrected chi connectivity index (χ1v) is 7.05. The summed E-state index contributed by atoms with van der Waals surface area (Å²) in [5.41, 5.74) is 1.16. The molecule has 1 aromatic heterocycles. The second kappa shape index (κ2) is 11.1. The highest BCUT2D eigenvalue weighted by molar-refractivity contribution is 14.0. The van der Waals surface area contributed by atoms with Gasteiger partial charge in [-0.3, -0.25) is 4.99 Å². The molecule has 0 aliphatic rings. The first-order chi connectivity index (χ1) is 9.51. The first kappa shape index (κ1) is 20.5. The molecule has 21 heavy (non-hydrogen) atoms. The van der Waals surface area contributed by atoms with Crippen molar-refractivity contribution in [2.45, 2.75) is 19.1 Å². The summed E-state index contributed by atoms with van der Waals surface area (Å²) in [4.78, 5) is 4.02. The quantitative estimate of drug-likeness (QED) is 0.299. The maximum atomic E-state index is 11.8. The second-order valence-electron chi connectivity index (χ2n) is 4.01. The van der Waals surface area contributed by atoms with Crippen LogP contribution >= 0.6 is 35.3 Å². The molecule has 0 saturated heterocycles. The monoisotopic (exact) mass is 437 g/mol. The number of guanidine groups is 1. The highest BCUT2D eigenvalue weighted by Crippen LogP contribution is 2.14. The third-order valence-electron chi connectivity index (χ3n) is 2.29. The minimum atomic E-state index is -4.26. The van der Waals surface area contributed by atoms with Crippen LogP contribution < -0.4 is 10.6 Å². The van der Waals surface area contributed by atoms with Crippen molar-refractivity contribution in [3.8, 4) is 0 Å².